The van der Waals surface area contributed by atoms with E-state index in [0.29, 0.717) is 17.7 Å². The molecule has 118 valence electrons. The second-order valence-electron chi connectivity index (χ2n) is 5.32. The van der Waals surface area contributed by atoms with Gasteiger partial charge in [-0.2, -0.15) is 13.2 Å². The van der Waals surface area contributed by atoms with Crippen LogP contribution < -0.4 is 0 Å². The molecule has 2 amide bonds. The minimum atomic E-state index is -4.51. The number of alkyl halides is 3. The summed E-state index contributed by atoms with van der Waals surface area (Å²) in [4.78, 5) is 36.6. The molecule has 6 nitrogen and oxygen atoms in total. The van der Waals surface area contributed by atoms with Crippen LogP contribution in [0.15, 0.2) is 0 Å². The number of likely N-dealkylation sites (tertiary alicyclic amines) is 2. The van der Waals surface area contributed by atoms with Crippen molar-refractivity contribution in [2.45, 2.75) is 31.5 Å². The van der Waals surface area contributed by atoms with Crippen LogP contribution in [0.4, 0.5) is 13.2 Å². The van der Waals surface area contributed by atoms with Gasteiger partial charge in [0.05, 0.1) is 5.92 Å². The highest BCUT2D eigenvalue weighted by molar-refractivity contribution is 5.91. The number of aliphatic carboxylic acids is 1. The molecule has 2 atom stereocenters. The second kappa shape index (κ2) is 5.53. The fourth-order valence-electron chi connectivity index (χ4n) is 2.83. The van der Waals surface area contributed by atoms with Crippen molar-refractivity contribution in [3.8, 4) is 0 Å². The lowest BCUT2D eigenvalue weighted by molar-refractivity contribution is -0.157. The molecular weight excluding hydrogens is 293 g/mol. The number of carbonyl (C=O) groups is 3. The number of nitrogens with zero attached hydrogens (tertiary/aromatic N) is 2. The van der Waals surface area contributed by atoms with E-state index in [4.69, 9.17) is 5.11 Å². The lowest BCUT2D eigenvalue weighted by atomic mass is 10.1. The number of carbonyl (C=O) groups excluding carboxylic acids is 2. The molecule has 0 saturated carbocycles. The first-order valence-corrected chi connectivity index (χ1v) is 6.57. The summed E-state index contributed by atoms with van der Waals surface area (Å²) in [6, 6.07) is -0.940. The molecule has 1 unspecified atom stereocenters. The van der Waals surface area contributed by atoms with E-state index in [1.54, 1.807) is 0 Å². The summed E-state index contributed by atoms with van der Waals surface area (Å²) in [5, 5.41) is 9.01. The Morgan fingerprint density at radius 2 is 2.00 bits per heavy atom. The van der Waals surface area contributed by atoms with E-state index in [-0.39, 0.29) is 19.5 Å². The zero-order valence-corrected chi connectivity index (χ0v) is 11.1. The van der Waals surface area contributed by atoms with Gasteiger partial charge in [-0.05, 0) is 12.8 Å². The topological polar surface area (TPSA) is 77.9 Å². The van der Waals surface area contributed by atoms with Crippen LogP contribution in [0.1, 0.15) is 19.3 Å². The Hall–Kier alpha value is -1.80. The highest BCUT2D eigenvalue weighted by atomic mass is 19.4. The number of hydrogen-bond donors (Lipinski definition) is 1. The highest BCUT2D eigenvalue weighted by Gasteiger charge is 2.44. The number of rotatable bonds is 3. The zero-order valence-electron chi connectivity index (χ0n) is 11.1. The van der Waals surface area contributed by atoms with Crippen LogP contribution in [0, 0.1) is 5.92 Å². The van der Waals surface area contributed by atoms with Gasteiger partial charge in [-0.3, -0.25) is 9.59 Å². The number of halogens is 3. The molecule has 2 aliphatic rings. The van der Waals surface area contributed by atoms with E-state index in [2.05, 4.69) is 0 Å². The first-order chi connectivity index (χ1) is 9.69. The minimum Gasteiger partial charge on any atom is -0.480 e. The molecule has 0 aromatic rings. The van der Waals surface area contributed by atoms with Gasteiger partial charge >= 0.3 is 12.1 Å². The largest absolute Gasteiger partial charge is 0.480 e. The van der Waals surface area contributed by atoms with Gasteiger partial charge in [0.15, 0.2) is 0 Å². The maximum atomic E-state index is 12.3. The van der Waals surface area contributed by atoms with Crippen LogP contribution in [-0.2, 0) is 14.4 Å². The average Bonchev–Trinajstić information content (AvgIpc) is 2.94. The molecule has 0 bridgehead atoms. The third-order valence-corrected chi connectivity index (χ3v) is 3.75. The Bertz CT molecular complexity index is 466. The molecule has 21 heavy (non-hydrogen) atoms. The monoisotopic (exact) mass is 308 g/mol. The minimum absolute atomic E-state index is 0.264. The Morgan fingerprint density at radius 1 is 1.33 bits per heavy atom. The fourth-order valence-corrected chi connectivity index (χ4v) is 2.83. The van der Waals surface area contributed by atoms with Gasteiger partial charge in [0.1, 0.15) is 12.6 Å². The third kappa shape index (κ3) is 3.45. The number of carboxylic acid groups (broad SMARTS) is 1. The predicted octanol–water partition coefficient (Wildman–Crippen LogP) is 0.473. The zero-order chi connectivity index (χ0) is 15.8. The van der Waals surface area contributed by atoms with Gasteiger partial charge < -0.3 is 14.9 Å². The highest BCUT2D eigenvalue weighted by Crippen LogP contribution is 2.27. The average molecular weight is 308 g/mol. The van der Waals surface area contributed by atoms with Gasteiger partial charge in [0, 0.05) is 19.5 Å². The van der Waals surface area contributed by atoms with Crippen molar-refractivity contribution in [3.63, 3.8) is 0 Å². The van der Waals surface area contributed by atoms with Crippen molar-refractivity contribution in [1.82, 2.24) is 9.80 Å². The fraction of sp³-hybridized carbons (Fsp3) is 0.750. The van der Waals surface area contributed by atoms with Crippen LogP contribution in [0.25, 0.3) is 0 Å². The standard InChI is InChI=1S/C12H15F3N2O4/c13-12(14,15)6-16-5-7(4-9(16)18)10(19)17-3-1-2-8(17)11(20)21/h7-8H,1-6H2,(H,20,21)/t7?,8-/m0/s1. The van der Waals surface area contributed by atoms with Crippen molar-refractivity contribution in [2.24, 2.45) is 5.92 Å². The first kappa shape index (κ1) is 15.6. The number of amides is 2. The van der Waals surface area contributed by atoms with Crippen molar-refractivity contribution >= 4 is 17.8 Å². The summed E-state index contributed by atoms with van der Waals surface area (Å²) in [6.07, 6.45) is -3.94. The Morgan fingerprint density at radius 3 is 2.57 bits per heavy atom. The van der Waals surface area contributed by atoms with E-state index in [1.165, 1.54) is 0 Å². The van der Waals surface area contributed by atoms with Gasteiger partial charge in [0.2, 0.25) is 11.8 Å². The molecule has 0 aliphatic carbocycles. The van der Waals surface area contributed by atoms with E-state index in [1.807, 2.05) is 0 Å². The molecule has 2 aliphatic heterocycles. The lowest BCUT2D eigenvalue weighted by Crippen LogP contribution is -2.44. The Balaban J connectivity index is 2.01. The first-order valence-electron chi connectivity index (χ1n) is 6.57. The van der Waals surface area contributed by atoms with Crippen LogP contribution >= 0.6 is 0 Å². The summed E-state index contributed by atoms with van der Waals surface area (Å²) in [7, 11) is 0. The molecular formula is C12H15F3N2O4. The van der Waals surface area contributed by atoms with Crippen LogP contribution in [0.5, 0.6) is 0 Å². The van der Waals surface area contributed by atoms with Gasteiger partial charge in [-0.15, -0.1) is 0 Å². The molecule has 2 saturated heterocycles. The molecule has 0 radical (unpaired) electrons. The van der Waals surface area contributed by atoms with E-state index in [9.17, 15) is 27.6 Å². The van der Waals surface area contributed by atoms with Crippen LogP contribution in [-0.4, -0.2) is 64.5 Å². The summed E-state index contributed by atoms with van der Waals surface area (Å²) < 4.78 is 36.9. The third-order valence-electron chi connectivity index (χ3n) is 3.75. The summed E-state index contributed by atoms with van der Waals surface area (Å²) in [5.74, 6) is -3.29. The molecule has 2 fully saturated rings. The van der Waals surface area contributed by atoms with Crippen LogP contribution in [0.3, 0.4) is 0 Å². The summed E-state index contributed by atoms with van der Waals surface area (Å²) >= 11 is 0. The summed E-state index contributed by atoms with van der Waals surface area (Å²) in [5.41, 5.74) is 0. The smallest absolute Gasteiger partial charge is 0.406 e. The predicted molar refractivity (Wildman–Crippen MR) is 63.1 cm³/mol. The van der Waals surface area contributed by atoms with Gasteiger partial charge in [0.25, 0.3) is 0 Å². The van der Waals surface area contributed by atoms with Crippen molar-refractivity contribution in [2.75, 3.05) is 19.6 Å². The summed E-state index contributed by atoms with van der Waals surface area (Å²) in [6.45, 7) is -1.42. The normalized spacial score (nSPS) is 26.5. The van der Waals surface area contributed by atoms with E-state index >= 15 is 0 Å². The Kier molecular flexibility index (Phi) is 4.11. The number of hydrogen-bond acceptors (Lipinski definition) is 3. The number of carboxylic acids is 1. The molecule has 2 rings (SSSR count). The molecule has 0 aromatic heterocycles. The molecule has 0 aromatic carbocycles. The molecule has 9 heteroatoms. The van der Waals surface area contributed by atoms with E-state index in [0.717, 1.165) is 4.90 Å². The second-order valence-corrected chi connectivity index (χ2v) is 5.32. The van der Waals surface area contributed by atoms with E-state index < -0.39 is 42.5 Å². The molecule has 2 heterocycles. The SMILES string of the molecule is O=C(O)[C@@H]1CCCN1C(=O)C1CC(=O)N(CC(F)(F)F)C1. The van der Waals surface area contributed by atoms with Crippen molar-refractivity contribution < 1.29 is 32.7 Å². The maximum Gasteiger partial charge on any atom is 0.406 e. The van der Waals surface area contributed by atoms with Crippen molar-refractivity contribution in [3.05, 3.63) is 0 Å². The van der Waals surface area contributed by atoms with Crippen LogP contribution in [0.2, 0.25) is 0 Å². The molecule has 1 N–H and O–H groups in total. The Labute approximate surface area is 118 Å². The quantitative estimate of drug-likeness (QED) is 0.822. The van der Waals surface area contributed by atoms with Gasteiger partial charge in [-0.1, -0.05) is 0 Å². The van der Waals surface area contributed by atoms with Gasteiger partial charge in [-0.25, -0.2) is 4.79 Å². The van der Waals surface area contributed by atoms with Crippen molar-refractivity contribution in [1.29, 1.82) is 0 Å². The molecule has 0 spiro atoms. The maximum absolute atomic E-state index is 12.3. The lowest BCUT2D eigenvalue weighted by Gasteiger charge is -2.24.